The van der Waals surface area contributed by atoms with Gasteiger partial charge in [-0.2, -0.15) is 20.2 Å². The van der Waals surface area contributed by atoms with Crippen LogP contribution in [0.3, 0.4) is 0 Å². The van der Waals surface area contributed by atoms with Crippen LogP contribution in [-0.4, -0.2) is 62.8 Å². The predicted molar refractivity (Wildman–Crippen MR) is 86.6 cm³/mol. The van der Waals surface area contributed by atoms with E-state index < -0.39 is 0 Å². The molecule has 1 N–H and O–H groups in total. The molecule has 1 unspecified atom stereocenters. The van der Waals surface area contributed by atoms with E-state index in [2.05, 4.69) is 54.3 Å². The first-order valence-electron chi connectivity index (χ1n) is 7.96. The molecule has 1 aliphatic rings. The average Bonchev–Trinajstić information content (AvgIpc) is 3.09. The summed E-state index contributed by atoms with van der Waals surface area (Å²) in [5.74, 6) is 3.53. The monoisotopic (exact) mass is 317 g/mol. The highest BCUT2D eigenvalue weighted by molar-refractivity contribution is 5.39. The smallest absolute Gasteiger partial charge is 0.230 e. The molecule has 2 aromatic heterocycles. The molecule has 0 saturated carbocycles. The Morgan fingerprint density at radius 1 is 1.22 bits per heavy atom. The van der Waals surface area contributed by atoms with Gasteiger partial charge in [-0.05, 0) is 12.8 Å². The van der Waals surface area contributed by atoms with Crippen LogP contribution in [0, 0.1) is 0 Å². The molecule has 0 bridgehead atoms. The van der Waals surface area contributed by atoms with Gasteiger partial charge < -0.3 is 9.80 Å². The minimum absolute atomic E-state index is 0.254. The molecule has 0 aromatic carbocycles. The van der Waals surface area contributed by atoms with E-state index in [1.807, 2.05) is 19.0 Å². The number of aromatic nitrogens is 7. The fourth-order valence-corrected chi connectivity index (χ4v) is 2.68. The molecule has 0 spiro atoms. The maximum Gasteiger partial charge on any atom is 0.230 e. The van der Waals surface area contributed by atoms with Crippen molar-refractivity contribution in [2.24, 2.45) is 0 Å². The summed E-state index contributed by atoms with van der Waals surface area (Å²) in [6.07, 6.45) is 2.11. The highest BCUT2D eigenvalue weighted by atomic mass is 15.5. The lowest BCUT2D eigenvalue weighted by Crippen LogP contribution is -2.36. The number of hydrogen-bond acceptors (Lipinski definition) is 8. The first kappa shape index (κ1) is 15.6. The molecule has 3 rings (SSSR count). The van der Waals surface area contributed by atoms with Crippen molar-refractivity contribution >= 4 is 11.9 Å². The van der Waals surface area contributed by atoms with Crippen LogP contribution in [-0.2, 0) is 0 Å². The summed E-state index contributed by atoms with van der Waals surface area (Å²) in [5.41, 5.74) is 0. The minimum Gasteiger partial charge on any atom is -0.347 e. The van der Waals surface area contributed by atoms with Gasteiger partial charge in [-0.1, -0.05) is 19.1 Å². The Hall–Kier alpha value is -2.32. The number of piperidine rings is 1. The SMILES string of the molecule is CC(C)c1nc(N(C)C)nc(N2CCCC(c3nn[nH]n3)C2)n1. The van der Waals surface area contributed by atoms with E-state index in [1.165, 1.54) is 0 Å². The zero-order chi connectivity index (χ0) is 16.4. The van der Waals surface area contributed by atoms with Gasteiger partial charge in [0.2, 0.25) is 11.9 Å². The maximum absolute atomic E-state index is 4.67. The fourth-order valence-electron chi connectivity index (χ4n) is 2.68. The molecule has 1 saturated heterocycles. The number of aromatic amines is 1. The zero-order valence-corrected chi connectivity index (χ0v) is 14.1. The molecule has 0 radical (unpaired) electrons. The van der Waals surface area contributed by atoms with Gasteiger partial charge in [-0.25, -0.2) is 0 Å². The van der Waals surface area contributed by atoms with Crippen molar-refractivity contribution in [2.45, 2.75) is 38.5 Å². The van der Waals surface area contributed by atoms with Gasteiger partial charge in [0.25, 0.3) is 0 Å². The second-order valence-electron chi connectivity index (χ2n) is 6.40. The molecule has 1 atom stereocenters. The third kappa shape index (κ3) is 3.38. The third-order valence-electron chi connectivity index (χ3n) is 3.98. The summed E-state index contributed by atoms with van der Waals surface area (Å²) in [5, 5.41) is 14.4. The van der Waals surface area contributed by atoms with Crippen LogP contribution in [0.5, 0.6) is 0 Å². The largest absolute Gasteiger partial charge is 0.347 e. The normalized spacial score (nSPS) is 18.5. The van der Waals surface area contributed by atoms with Crippen LogP contribution >= 0.6 is 0 Å². The second-order valence-corrected chi connectivity index (χ2v) is 6.40. The first-order chi connectivity index (χ1) is 11.0. The number of H-pyrrole nitrogens is 1. The number of hydrogen-bond donors (Lipinski definition) is 1. The molecule has 1 fully saturated rings. The van der Waals surface area contributed by atoms with Gasteiger partial charge >= 0.3 is 0 Å². The third-order valence-corrected chi connectivity index (χ3v) is 3.98. The average molecular weight is 317 g/mol. The molecule has 0 amide bonds. The summed E-state index contributed by atoms with van der Waals surface area (Å²) < 4.78 is 0. The van der Waals surface area contributed by atoms with Gasteiger partial charge in [-0.15, -0.1) is 10.2 Å². The molecule has 0 aliphatic carbocycles. The Morgan fingerprint density at radius 3 is 2.70 bits per heavy atom. The molecule has 9 heteroatoms. The Labute approximate surface area is 135 Å². The molecular formula is C14H23N9. The van der Waals surface area contributed by atoms with Crippen molar-refractivity contribution in [3.05, 3.63) is 11.6 Å². The highest BCUT2D eigenvalue weighted by Crippen LogP contribution is 2.27. The zero-order valence-electron chi connectivity index (χ0n) is 14.1. The summed E-state index contributed by atoms with van der Waals surface area (Å²) >= 11 is 0. The molecule has 9 nitrogen and oxygen atoms in total. The molecule has 1 aliphatic heterocycles. The minimum atomic E-state index is 0.254. The molecule has 3 heterocycles. The quantitative estimate of drug-likeness (QED) is 0.890. The van der Waals surface area contributed by atoms with Gasteiger partial charge in [0.1, 0.15) is 5.82 Å². The van der Waals surface area contributed by atoms with E-state index in [0.717, 1.165) is 43.5 Å². The lowest BCUT2D eigenvalue weighted by Gasteiger charge is -2.31. The van der Waals surface area contributed by atoms with Crippen molar-refractivity contribution in [3.8, 4) is 0 Å². The lowest BCUT2D eigenvalue weighted by molar-refractivity contribution is 0.484. The van der Waals surface area contributed by atoms with Crippen LogP contribution in [0.15, 0.2) is 0 Å². The summed E-state index contributed by atoms with van der Waals surface area (Å²) in [4.78, 5) is 17.9. The van der Waals surface area contributed by atoms with Crippen molar-refractivity contribution in [2.75, 3.05) is 37.0 Å². The van der Waals surface area contributed by atoms with E-state index in [9.17, 15) is 0 Å². The van der Waals surface area contributed by atoms with Gasteiger partial charge in [0, 0.05) is 39.0 Å². The predicted octanol–water partition coefficient (Wildman–Crippen LogP) is 0.958. The fraction of sp³-hybridized carbons (Fsp3) is 0.714. The van der Waals surface area contributed by atoms with Gasteiger partial charge in [0.15, 0.2) is 5.82 Å². The number of anilines is 2. The highest BCUT2D eigenvalue weighted by Gasteiger charge is 2.27. The standard InChI is InChI=1S/C14H23N9/c1-9(2)11-15-13(22(3)4)17-14(16-11)23-7-5-6-10(8-23)12-18-20-21-19-12/h9-10H,5-8H2,1-4H3,(H,18,19,20,21). The molecular weight excluding hydrogens is 294 g/mol. The van der Waals surface area contributed by atoms with Gasteiger partial charge in [-0.3, -0.25) is 0 Å². The van der Waals surface area contributed by atoms with Crippen molar-refractivity contribution in [1.82, 2.24) is 35.6 Å². The number of rotatable bonds is 4. The van der Waals surface area contributed by atoms with Crippen LogP contribution in [0.1, 0.15) is 50.2 Å². The van der Waals surface area contributed by atoms with Crippen molar-refractivity contribution in [3.63, 3.8) is 0 Å². The summed E-state index contributed by atoms with van der Waals surface area (Å²) in [6.45, 7) is 5.92. The summed E-state index contributed by atoms with van der Waals surface area (Å²) in [7, 11) is 3.89. The Bertz CT molecular complexity index is 611. The molecule has 2 aromatic rings. The van der Waals surface area contributed by atoms with Crippen LogP contribution < -0.4 is 9.80 Å². The molecule has 124 valence electrons. The van der Waals surface area contributed by atoms with Crippen molar-refractivity contribution < 1.29 is 0 Å². The van der Waals surface area contributed by atoms with Crippen LogP contribution in [0.25, 0.3) is 0 Å². The summed E-state index contributed by atoms with van der Waals surface area (Å²) in [6, 6.07) is 0. The van der Waals surface area contributed by atoms with Crippen LogP contribution in [0.2, 0.25) is 0 Å². The van der Waals surface area contributed by atoms with E-state index in [0.29, 0.717) is 5.95 Å². The van der Waals surface area contributed by atoms with E-state index in [-0.39, 0.29) is 11.8 Å². The van der Waals surface area contributed by atoms with Gasteiger partial charge in [0.05, 0.1) is 0 Å². The lowest BCUT2D eigenvalue weighted by atomic mass is 9.98. The van der Waals surface area contributed by atoms with E-state index in [1.54, 1.807) is 0 Å². The Morgan fingerprint density at radius 2 is 2.04 bits per heavy atom. The topological polar surface area (TPSA) is 99.6 Å². The first-order valence-corrected chi connectivity index (χ1v) is 7.96. The Balaban J connectivity index is 1.87. The molecule has 23 heavy (non-hydrogen) atoms. The second kappa shape index (κ2) is 6.43. The number of tetrazole rings is 1. The number of nitrogens with one attached hydrogen (secondary N) is 1. The number of nitrogens with zero attached hydrogens (tertiary/aromatic N) is 8. The Kier molecular flexibility index (Phi) is 4.35. The van der Waals surface area contributed by atoms with Crippen LogP contribution in [0.4, 0.5) is 11.9 Å². The van der Waals surface area contributed by atoms with Crippen molar-refractivity contribution in [1.29, 1.82) is 0 Å². The van der Waals surface area contributed by atoms with E-state index in [4.69, 9.17) is 0 Å². The maximum atomic E-state index is 4.67. The van der Waals surface area contributed by atoms with E-state index >= 15 is 0 Å².